The number of esters is 3. The molecule has 0 saturated carbocycles. The maximum Gasteiger partial charge on any atom is 0.339 e. The van der Waals surface area contributed by atoms with Gasteiger partial charge in [0.05, 0.1) is 37.7 Å². The Morgan fingerprint density at radius 1 is 0.983 bits per heavy atom. The van der Waals surface area contributed by atoms with Crippen molar-refractivity contribution in [3.8, 4) is 11.5 Å². The van der Waals surface area contributed by atoms with Crippen molar-refractivity contribution in [3.05, 3.63) is 93.8 Å². The van der Waals surface area contributed by atoms with E-state index in [0.717, 1.165) is 28.7 Å². The van der Waals surface area contributed by atoms with Gasteiger partial charge in [0.2, 0.25) is 6.79 Å². The molecule has 12 nitrogen and oxygen atoms in total. The lowest BCUT2D eigenvalue weighted by Crippen LogP contribution is -2.52. The van der Waals surface area contributed by atoms with Gasteiger partial charge in [-0.05, 0) is 125 Å². The minimum absolute atomic E-state index is 0.00205. The number of methoxy groups -OCH3 is 2. The maximum absolute atomic E-state index is 14.2. The minimum atomic E-state index is -2.30. The van der Waals surface area contributed by atoms with Crippen molar-refractivity contribution in [3.63, 3.8) is 0 Å². The van der Waals surface area contributed by atoms with Crippen molar-refractivity contribution in [1.29, 1.82) is 0 Å². The fraction of sp³-hybridized carbons (Fsp3) is 0.562. The molecule has 0 bridgehead atoms. The summed E-state index contributed by atoms with van der Waals surface area (Å²) in [6.07, 6.45) is 16.3. The minimum Gasteiger partial charge on any atom is -0.497 e. The summed E-state index contributed by atoms with van der Waals surface area (Å²) < 4.78 is 34.8. The number of fused-ring (bicyclic) bond motifs is 3. The standard InChI is InChI=1S/C48H63NO11/c1-30(15-16-35-32(3)14-11-19-45(35,4)5)12-10-13-31(2)24-40(50)59-39-17-20-47-27-38(55-8)43(60-44(52)48(54,28-41(51)56-9)22-21-46(6,7)53)42(47)34-26-37-36(57-29-58-37)25-33(34)18-23-49(39)47/h10,12-13,15-16,24-27,39,42-43,53-54H,11,14,17-23,28-29H2,1-9H3. The molecule has 5 atom stereocenters. The van der Waals surface area contributed by atoms with E-state index in [1.54, 1.807) is 13.8 Å². The second-order valence-corrected chi connectivity index (χ2v) is 18.3. The van der Waals surface area contributed by atoms with Gasteiger partial charge in [0.25, 0.3) is 0 Å². The molecular formula is C48H63NO11. The Bertz CT molecular complexity index is 2030. The predicted octanol–water partition coefficient (Wildman–Crippen LogP) is 7.59. The van der Waals surface area contributed by atoms with E-state index in [0.29, 0.717) is 43.1 Å². The Kier molecular flexibility index (Phi) is 13.3. The van der Waals surface area contributed by atoms with Crippen molar-refractivity contribution in [2.24, 2.45) is 5.41 Å². The van der Waals surface area contributed by atoms with E-state index in [-0.39, 0.29) is 25.0 Å². The molecule has 0 aromatic heterocycles. The topological polar surface area (TPSA) is 150 Å². The van der Waals surface area contributed by atoms with Crippen LogP contribution in [0.2, 0.25) is 0 Å². The zero-order valence-corrected chi connectivity index (χ0v) is 36.7. The fourth-order valence-electron chi connectivity index (χ4n) is 9.56. The van der Waals surface area contributed by atoms with Gasteiger partial charge in [-0.1, -0.05) is 55.4 Å². The maximum atomic E-state index is 14.2. The summed E-state index contributed by atoms with van der Waals surface area (Å²) in [6, 6.07) is 3.85. The largest absolute Gasteiger partial charge is 0.497 e. The summed E-state index contributed by atoms with van der Waals surface area (Å²) in [5.74, 6) is -1.40. The Morgan fingerprint density at radius 3 is 2.40 bits per heavy atom. The van der Waals surface area contributed by atoms with Gasteiger partial charge >= 0.3 is 17.9 Å². The van der Waals surface area contributed by atoms with Crippen LogP contribution >= 0.6 is 0 Å². The van der Waals surface area contributed by atoms with Gasteiger partial charge < -0.3 is 38.6 Å². The first-order valence-corrected chi connectivity index (χ1v) is 21.1. The van der Waals surface area contributed by atoms with Crippen LogP contribution in [-0.2, 0) is 39.8 Å². The van der Waals surface area contributed by atoms with E-state index in [1.807, 2.05) is 43.4 Å². The SMILES string of the molecule is COC(=O)CC(O)(CCC(C)(C)O)C(=O)OC1C(OC)=CC23CCC(OC(=O)C=C(C)C=CC=C(C)C=CC4=C(C)CCCC4(C)C)N2CCc2cc4c(cc2C13)OCO4. The Balaban J connectivity index is 1.24. The number of carbonyl (C=O) groups excluding carboxylic acids is 3. The monoisotopic (exact) mass is 829 g/mol. The van der Waals surface area contributed by atoms with E-state index in [4.69, 9.17) is 28.4 Å². The predicted molar refractivity (Wildman–Crippen MR) is 226 cm³/mol. The van der Waals surface area contributed by atoms with Crippen molar-refractivity contribution in [2.45, 2.75) is 141 Å². The van der Waals surface area contributed by atoms with Crippen LogP contribution in [-0.4, -0.2) is 89.7 Å². The van der Waals surface area contributed by atoms with Gasteiger partial charge in [-0.15, -0.1) is 0 Å². The van der Waals surface area contributed by atoms with Crippen molar-refractivity contribution >= 4 is 17.9 Å². The summed E-state index contributed by atoms with van der Waals surface area (Å²) in [5, 5.41) is 22.2. The number of benzene rings is 1. The average Bonchev–Trinajstić information content (AvgIpc) is 3.84. The third kappa shape index (κ3) is 9.61. The van der Waals surface area contributed by atoms with Crippen LogP contribution in [0.15, 0.2) is 82.7 Å². The quantitative estimate of drug-likeness (QED) is 0.0823. The lowest BCUT2D eigenvalue weighted by Gasteiger charge is -2.41. The van der Waals surface area contributed by atoms with Crippen LogP contribution in [0.4, 0.5) is 0 Å². The van der Waals surface area contributed by atoms with Crippen LogP contribution in [0.25, 0.3) is 0 Å². The molecule has 3 aliphatic heterocycles. The van der Waals surface area contributed by atoms with E-state index < -0.39 is 59.3 Å². The summed E-state index contributed by atoms with van der Waals surface area (Å²) in [4.78, 5) is 42.4. The van der Waals surface area contributed by atoms with E-state index in [2.05, 4.69) is 44.7 Å². The van der Waals surface area contributed by atoms with Crippen molar-refractivity contribution < 1.29 is 53.0 Å². The zero-order valence-electron chi connectivity index (χ0n) is 36.7. The molecule has 1 fully saturated rings. The molecule has 1 spiro atoms. The fourth-order valence-corrected chi connectivity index (χ4v) is 9.56. The van der Waals surface area contributed by atoms with Gasteiger partial charge in [-0.2, -0.15) is 0 Å². The molecule has 1 aromatic carbocycles. The number of rotatable bonds is 14. The van der Waals surface area contributed by atoms with Crippen molar-refractivity contribution in [1.82, 2.24) is 4.90 Å². The molecule has 326 valence electrons. The number of hydrogen-bond acceptors (Lipinski definition) is 12. The summed E-state index contributed by atoms with van der Waals surface area (Å²) in [6.45, 7) is 14.5. The van der Waals surface area contributed by atoms with E-state index in [1.165, 1.54) is 44.3 Å². The first-order chi connectivity index (χ1) is 28.3. The first kappa shape index (κ1) is 44.9. The smallest absolute Gasteiger partial charge is 0.339 e. The Hall–Kier alpha value is -4.65. The van der Waals surface area contributed by atoms with Crippen LogP contribution < -0.4 is 9.47 Å². The lowest BCUT2D eigenvalue weighted by atomic mass is 9.72. The lowest BCUT2D eigenvalue weighted by molar-refractivity contribution is -0.179. The zero-order chi connectivity index (χ0) is 43.6. The van der Waals surface area contributed by atoms with Gasteiger partial charge in [0.1, 0.15) is 5.76 Å². The normalized spacial score (nSPS) is 26.2. The second-order valence-electron chi connectivity index (χ2n) is 18.3. The molecule has 60 heavy (non-hydrogen) atoms. The number of hydrogen-bond donors (Lipinski definition) is 2. The van der Waals surface area contributed by atoms with Crippen LogP contribution in [0.3, 0.4) is 0 Å². The Morgan fingerprint density at radius 2 is 1.72 bits per heavy atom. The molecule has 0 radical (unpaired) electrons. The molecule has 2 aliphatic carbocycles. The molecule has 3 heterocycles. The van der Waals surface area contributed by atoms with Crippen LogP contribution in [0.5, 0.6) is 11.5 Å². The average molecular weight is 830 g/mol. The molecule has 5 aliphatic rings. The van der Waals surface area contributed by atoms with Gasteiger partial charge in [0.15, 0.2) is 29.4 Å². The van der Waals surface area contributed by atoms with E-state index in [9.17, 15) is 24.6 Å². The third-order valence-corrected chi connectivity index (χ3v) is 12.8. The molecule has 12 heteroatoms. The summed E-state index contributed by atoms with van der Waals surface area (Å²) >= 11 is 0. The summed E-state index contributed by atoms with van der Waals surface area (Å²) in [5.41, 5.74) is 2.29. The highest BCUT2D eigenvalue weighted by atomic mass is 16.7. The highest BCUT2D eigenvalue weighted by molar-refractivity contribution is 5.86. The molecular weight excluding hydrogens is 767 g/mol. The molecule has 1 aromatic rings. The Labute approximate surface area is 354 Å². The third-order valence-electron chi connectivity index (χ3n) is 12.8. The summed E-state index contributed by atoms with van der Waals surface area (Å²) in [7, 11) is 2.66. The second kappa shape index (κ2) is 17.8. The number of carbonyl (C=O) groups is 3. The molecule has 6 rings (SSSR count). The first-order valence-electron chi connectivity index (χ1n) is 21.1. The molecule has 2 N–H and O–H groups in total. The number of ether oxygens (including phenoxy) is 6. The highest BCUT2D eigenvalue weighted by Gasteiger charge is 2.62. The van der Waals surface area contributed by atoms with Gasteiger partial charge in [-0.25, -0.2) is 9.59 Å². The van der Waals surface area contributed by atoms with Gasteiger partial charge in [-0.3, -0.25) is 9.69 Å². The van der Waals surface area contributed by atoms with Crippen LogP contribution in [0, 0.1) is 5.41 Å². The van der Waals surface area contributed by atoms with Crippen molar-refractivity contribution in [2.75, 3.05) is 27.6 Å². The highest BCUT2D eigenvalue weighted by Crippen LogP contribution is 2.57. The number of allylic oxidation sites excluding steroid dienone is 9. The van der Waals surface area contributed by atoms with E-state index >= 15 is 0 Å². The molecule has 5 unspecified atom stereocenters. The molecule has 1 saturated heterocycles. The van der Waals surface area contributed by atoms with Gasteiger partial charge in [0, 0.05) is 19.0 Å². The molecule has 0 amide bonds. The van der Waals surface area contributed by atoms with Crippen LogP contribution in [0.1, 0.15) is 117 Å². The number of aliphatic hydroxyl groups is 2. The number of nitrogens with zero attached hydrogens (tertiary/aromatic N) is 1.